The van der Waals surface area contributed by atoms with Crippen LogP contribution in [0.15, 0.2) is 29.3 Å². The minimum atomic E-state index is -4.28. The molecule has 4 saturated carbocycles. The Kier molecular flexibility index (Phi) is 6.96. The molecule has 0 amide bonds. The number of rotatable bonds is 11. The van der Waals surface area contributed by atoms with Crippen molar-refractivity contribution in [3.63, 3.8) is 0 Å². The summed E-state index contributed by atoms with van der Waals surface area (Å²) in [5.74, 6) is 0.771. The van der Waals surface area contributed by atoms with Crippen molar-refractivity contribution in [3.05, 3.63) is 34.9 Å². The number of benzene rings is 1. The zero-order chi connectivity index (χ0) is 27.6. The molecule has 210 valence electrons. The van der Waals surface area contributed by atoms with E-state index >= 15 is 0 Å². The molecule has 6 nitrogen and oxygen atoms in total. The highest BCUT2D eigenvalue weighted by Crippen LogP contribution is 2.71. The normalized spacial score (nSPS) is 30.2. The molecule has 1 heterocycles. The zero-order valence-corrected chi connectivity index (χ0v) is 23.4. The third-order valence-electron chi connectivity index (χ3n) is 8.85. The van der Waals surface area contributed by atoms with Crippen LogP contribution in [0.4, 0.5) is 13.2 Å². The second kappa shape index (κ2) is 9.47. The number of aliphatic imine (C=N–C) groups is 1. The number of alkyl halides is 3. The molecule has 1 aromatic carbocycles. The van der Waals surface area contributed by atoms with Crippen molar-refractivity contribution in [2.45, 2.75) is 101 Å². The van der Waals surface area contributed by atoms with Gasteiger partial charge in [0.1, 0.15) is 11.9 Å². The van der Waals surface area contributed by atoms with Gasteiger partial charge in [-0.15, -0.1) is 0 Å². The van der Waals surface area contributed by atoms with Crippen LogP contribution in [-0.2, 0) is 21.4 Å². The number of hydrogen-bond acceptors (Lipinski definition) is 5. The van der Waals surface area contributed by atoms with E-state index in [9.17, 15) is 26.4 Å². The summed E-state index contributed by atoms with van der Waals surface area (Å²) in [6.45, 7) is 3.97. The summed E-state index contributed by atoms with van der Waals surface area (Å²) in [6.07, 6.45) is -0.863. The SMILES string of the molecule is CC1(C)NC(C23CC(N(Cc4ccc(Cl)cc4)S(=O)(=O)CC4CCC4)(C2)C3)=N[C@H]1C(=O)CCCC(F)(F)F. The Labute approximate surface area is 227 Å². The van der Waals surface area contributed by atoms with Gasteiger partial charge in [0.25, 0.3) is 0 Å². The Hall–Kier alpha value is -1.65. The molecule has 0 saturated heterocycles. The van der Waals surface area contributed by atoms with Crippen molar-refractivity contribution >= 4 is 33.2 Å². The molecule has 4 aliphatic carbocycles. The molecule has 1 aromatic rings. The fourth-order valence-electron chi connectivity index (χ4n) is 6.65. The van der Waals surface area contributed by atoms with Crippen molar-refractivity contribution in [1.82, 2.24) is 9.62 Å². The average Bonchev–Trinajstić information content (AvgIpc) is 3.03. The molecule has 0 aromatic heterocycles. The molecule has 2 bridgehead atoms. The predicted molar refractivity (Wildman–Crippen MR) is 140 cm³/mol. The molecular formula is C27H35ClF3N3O3S. The van der Waals surface area contributed by atoms with E-state index in [1.165, 1.54) is 0 Å². The monoisotopic (exact) mass is 573 g/mol. The minimum Gasteiger partial charge on any atom is -0.366 e. The molecule has 0 spiro atoms. The number of ketones is 1. The lowest BCUT2D eigenvalue weighted by Crippen LogP contribution is -2.79. The van der Waals surface area contributed by atoms with Crippen molar-refractivity contribution in [2.24, 2.45) is 16.3 Å². The standard InChI is InChI=1S/C27H35ClF3N3O3S/c1-24(2)22(21(35)7-4-12-27(29,30)31)32-23(33-24)25-15-26(16-25,17-25)34(13-18-8-10-20(28)11-9-18)38(36,37)14-19-5-3-6-19/h8-11,19,22H,3-7,12-17H2,1-2H3,(H,32,33)/t22-,25?,26?/m0/s1. The van der Waals surface area contributed by atoms with Gasteiger partial charge in [-0.25, -0.2) is 8.42 Å². The molecule has 38 heavy (non-hydrogen) atoms. The maximum Gasteiger partial charge on any atom is 0.389 e. The first-order chi connectivity index (χ1) is 17.6. The van der Waals surface area contributed by atoms with Gasteiger partial charge in [-0.2, -0.15) is 17.5 Å². The van der Waals surface area contributed by atoms with Gasteiger partial charge < -0.3 is 5.32 Å². The van der Waals surface area contributed by atoms with E-state index < -0.39 is 39.7 Å². The molecule has 1 aliphatic heterocycles. The van der Waals surface area contributed by atoms with Crippen LogP contribution in [0.25, 0.3) is 0 Å². The number of carbonyl (C=O) groups is 1. The number of halogens is 4. The van der Waals surface area contributed by atoms with Crippen molar-refractivity contribution < 1.29 is 26.4 Å². The second-order valence-electron chi connectivity index (χ2n) is 12.4. The first-order valence-corrected chi connectivity index (χ1v) is 15.3. The average molecular weight is 574 g/mol. The van der Waals surface area contributed by atoms with Crippen molar-refractivity contribution in [3.8, 4) is 0 Å². The summed E-state index contributed by atoms with van der Waals surface area (Å²) in [5, 5.41) is 3.97. The Morgan fingerprint density at radius 2 is 1.79 bits per heavy atom. The molecule has 1 atom stereocenters. The predicted octanol–water partition coefficient (Wildman–Crippen LogP) is 5.65. The number of nitrogens with zero attached hydrogens (tertiary/aromatic N) is 2. The van der Waals surface area contributed by atoms with Crippen LogP contribution in [0.5, 0.6) is 0 Å². The third kappa shape index (κ3) is 5.24. The lowest BCUT2D eigenvalue weighted by atomic mass is 9.38. The van der Waals surface area contributed by atoms with E-state index in [0.29, 0.717) is 30.1 Å². The lowest BCUT2D eigenvalue weighted by molar-refractivity contribution is -0.151. The molecule has 0 radical (unpaired) electrons. The Bertz CT molecular complexity index is 1210. The Morgan fingerprint density at radius 1 is 1.16 bits per heavy atom. The number of sulfonamides is 1. The fraction of sp³-hybridized carbons (Fsp3) is 0.704. The van der Waals surface area contributed by atoms with Crippen molar-refractivity contribution in [1.29, 1.82) is 0 Å². The van der Waals surface area contributed by atoms with Gasteiger partial charge >= 0.3 is 6.18 Å². The first kappa shape index (κ1) is 27.9. The van der Waals surface area contributed by atoms with Gasteiger partial charge in [0.15, 0.2) is 5.78 Å². The summed E-state index contributed by atoms with van der Waals surface area (Å²) >= 11 is 6.04. The highest BCUT2D eigenvalue weighted by Gasteiger charge is 2.75. The minimum absolute atomic E-state index is 0.163. The molecule has 4 fully saturated rings. The van der Waals surface area contributed by atoms with Crippen LogP contribution in [0.1, 0.15) is 77.2 Å². The number of hydrogen-bond donors (Lipinski definition) is 1. The topological polar surface area (TPSA) is 78.8 Å². The molecule has 5 aliphatic rings. The van der Waals surface area contributed by atoms with Crippen LogP contribution < -0.4 is 5.32 Å². The molecule has 11 heteroatoms. The smallest absolute Gasteiger partial charge is 0.366 e. The van der Waals surface area contributed by atoms with Gasteiger partial charge in [-0.1, -0.05) is 30.2 Å². The summed E-state index contributed by atoms with van der Waals surface area (Å²) in [4.78, 5) is 17.5. The molecule has 0 unspecified atom stereocenters. The molecular weight excluding hydrogens is 539 g/mol. The van der Waals surface area contributed by atoms with Gasteiger partial charge in [0.05, 0.1) is 11.3 Å². The first-order valence-electron chi connectivity index (χ1n) is 13.3. The zero-order valence-electron chi connectivity index (χ0n) is 21.8. The summed E-state index contributed by atoms with van der Waals surface area (Å²) in [5.41, 5.74) is -0.618. The maximum atomic E-state index is 13.6. The lowest BCUT2D eigenvalue weighted by Gasteiger charge is -2.73. The van der Waals surface area contributed by atoms with Crippen LogP contribution in [-0.4, -0.2) is 53.4 Å². The highest BCUT2D eigenvalue weighted by molar-refractivity contribution is 7.89. The van der Waals surface area contributed by atoms with Crippen LogP contribution >= 0.6 is 11.6 Å². The third-order valence-corrected chi connectivity index (χ3v) is 11.2. The highest BCUT2D eigenvalue weighted by atomic mass is 35.5. The molecule has 1 N–H and O–H groups in total. The summed E-state index contributed by atoms with van der Waals surface area (Å²) in [7, 11) is -3.50. The summed E-state index contributed by atoms with van der Waals surface area (Å²) in [6, 6.07) is 6.50. The number of carbonyl (C=O) groups excluding carboxylic acids is 1. The van der Waals surface area contributed by atoms with Gasteiger partial charge in [0, 0.05) is 35.4 Å². The summed E-state index contributed by atoms with van der Waals surface area (Å²) < 4.78 is 66.6. The van der Waals surface area contributed by atoms with Gasteiger partial charge in [0.2, 0.25) is 10.0 Å². The van der Waals surface area contributed by atoms with Crippen LogP contribution in [0.2, 0.25) is 5.02 Å². The van der Waals surface area contributed by atoms with E-state index in [-0.39, 0.29) is 42.3 Å². The number of amidine groups is 1. The Balaban J connectivity index is 1.30. The molecule has 6 rings (SSSR count). The van der Waals surface area contributed by atoms with E-state index in [0.717, 1.165) is 24.8 Å². The Morgan fingerprint density at radius 3 is 2.34 bits per heavy atom. The number of Topliss-reactive ketones (excluding diaryl/α,β-unsaturated/α-hetero) is 1. The van der Waals surface area contributed by atoms with Crippen LogP contribution in [0.3, 0.4) is 0 Å². The van der Waals surface area contributed by atoms with Gasteiger partial charge in [-0.05, 0) is 76.0 Å². The largest absolute Gasteiger partial charge is 0.389 e. The van der Waals surface area contributed by atoms with Crippen LogP contribution in [0, 0.1) is 11.3 Å². The van der Waals surface area contributed by atoms with E-state index in [1.807, 2.05) is 26.0 Å². The van der Waals surface area contributed by atoms with E-state index in [4.69, 9.17) is 16.6 Å². The fourth-order valence-corrected chi connectivity index (χ4v) is 9.02. The van der Waals surface area contributed by atoms with E-state index in [2.05, 4.69) is 5.32 Å². The quantitative estimate of drug-likeness (QED) is 0.371. The second-order valence-corrected chi connectivity index (χ2v) is 14.8. The number of nitrogens with one attached hydrogen (secondary N) is 1. The van der Waals surface area contributed by atoms with E-state index in [1.54, 1.807) is 16.4 Å². The maximum absolute atomic E-state index is 13.6. The van der Waals surface area contributed by atoms with Gasteiger partial charge in [-0.3, -0.25) is 9.79 Å². The van der Waals surface area contributed by atoms with Crippen molar-refractivity contribution in [2.75, 3.05) is 5.75 Å².